The fourth-order valence-corrected chi connectivity index (χ4v) is 3.23. The second kappa shape index (κ2) is 4.69. The van der Waals surface area contributed by atoms with Crippen molar-refractivity contribution in [3.63, 3.8) is 0 Å². The lowest BCUT2D eigenvalue weighted by Gasteiger charge is -2.10. The van der Waals surface area contributed by atoms with Crippen molar-refractivity contribution in [2.45, 2.75) is 19.9 Å². The Morgan fingerprint density at radius 2 is 2.33 bits per heavy atom. The average Bonchev–Trinajstić information content (AvgIpc) is 2.82. The number of nitrogen functional groups attached to an aromatic ring is 1. The molecular weight excluding hydrogens is 320 g/mol. The van der Waals surface area contributed by atoms with Gasteiger partial charge in [-0.3, -0.25) is 10.1 Å². The van der Waals surface area contributed by atoms with E-state index in [0.717, 1.165) is 9.35 Å². The predicted octanol–water partition coefficient (Wildman–Crippen LogP) is 3.12. The lowest BCUT2D eigenvalue weighted by Crippen LogP contribution is -2.10. The van der Waals surface area contributed by atoms with Gasteiger partial charge in [-0.25, -0.2) is 4.68 Å². The van der Waals surface area contributed by atoms with Crippen molar-refractivity contribution < 1.29 is 4.92 Å². The van der Waals surface area contributed by atoms with Gasteiger partial charge in [-0.2, -0.15) is 5.10 Å². The standard InChI is InChI=1S/C10H11BrN4O2S/c1-5-9(15(16)17)10(12)14(13-5)6(2)8-3-7(11)4-18-8/h3-4,6H,12H2,1-2H3. The Balaban J connectivity index is 2.46. The summed E-state index contributed by atoms with van der Waals surface area (Å²) in [7, 11) is 0. The van der Waals surface area contributed by atoms with Crippen LogP contribution in [0.5, 0.6) is 0 Å². The van der Waals surface area contributed by atoms with E-state index in [2.05, 4.69) is 21.0 Å². The van der Waals surface area contributed by atoms with Crippen molar-refractivity contribution >= 4 is 38.8 Å². The van der Waals surface area contributed by atoms with Gasteiger partial charge in [-0.05, 0) is 35.8 Å². The van der Waals surface area contributed by atoms with Crippen LogP contribution in [0.3, 0.4) is 0 Å². The maximum Gasteiger partial charge on any atom is 0.333 e. The van der Waals surface area contributed by atoms with Crippen LogP contribution < -0.4 is 5.73 Å². The number of nitrogens with zero attached hydrogens (tertiary/aromatic N) is 3. The molecule has 2 aromatic rings. The molecule has 2 aromatic heterocycles. The molecule has 0 aliphatic rings. The number of halogens is 1. The Bertz CT molecular complexity index is 607. The van der Waals surface area contributed by atoms with E-state index in [9.17, 15) is 10.1 Å². The molecule has 0 saturated carbocycles. The number of anilines is 1. The van der Waals surface area contributed by atoms with Gasteiger partial charge in [0.05, 0.1) is 11.0 Å². The van der Waals surface area contributed by atoms with Gasteiger partial charge in [0.25, 0.3) is 0 Å². The first-order valence-electron chi connectivity index (χ1n) is 5.14. The summed E-state index contributed by atoms with van der Waals surface area (Å²) in [6.07, 6.45) is 0. The lowest BCUT2D eigenvalue weighted by atomic mass is 10.3. The first-order chi connectivity index (χ1) is 8.41. The van der Waals surface area contributed by atoms with E-state index in [1.807, 2.05) is 18.4 Å². The molecule has 2 heterocycles. The molecule has 6 nitrogen and oxygen atoms in total. The van der Waals surface area contributed by atoms with Crippen LogP contribution >= 0.6 is 27.3 Å². The zero-order valence-corrected chi connectivity index (χ0v) is 12.2. The molecule has 0 spiro atoms. The molecule has 18 heavy (non-hydrogen) atoms. The highest BCUT2D eigenvalue weighted by atomic mass is 79.9. The molecule has 96 valence electrons. The molecule has 0 aliphatic carbocycles. The normalized spacial score (nSPS) is 12.6. The minimum atomic E-state index is -0.495. The third-order valence-electron chi connectivity index (χ3n) is 2.64. The topological polar surface area (TPSA) is 87.0 Å². The van der Waals surface area contributed by atoms with Gasteiger partial charge >= 0.3 is 5.69 Å². The van der Waals surface area contributed by atoms with Crippen LogP contribution in [0.4, 0.5) is 11.5 Å². The van der Waals surface area contributed by atoms with E-state index < -0.39 is 4.92 Å². The minimum absolute atomic E-state index is 0.0922. The fourth-order valence-electron chi connectivity index (χ4n) is 1.75. The van der Waals surface area contributed by atoms with Crippen molar-refractivity contribution in [2.75, 3.05) is 5.73 Å². The molecule has 8 heteroatoms. The highest BCUT2D eigenvalue weighted by Crippen LogP contribution is 2.33. The summed E-state index contributed by atoms with van der Waals surface area (Å²) in [4.78, 5) is 11.4. The molecule has 0 aliphatic heterocycles. The van der Waals surface area contributed by atoms with Gasteiger partial charge in [0, 0.05) is 14.7 Å². The van der Waals surface area contributed by atoms with Crippen LogP contribution in [0.1, 0.15) is 23.5 Å². The van der Waals surface area contributed by atoms with Crippen LogP contribution in [0.15, 0.2) is 15.9 Å². The summed E-state index contributed by atoms with van der Waals surface area (Å²) in [5.74, 6) is 0.0922. The van der Waals surface area contributed by atoms with Gasteiger partial charge < -0.3 is 5.73 Å². The molecule has 0 bridgehead atoms. The van der Waals surface area contributed by atoms with Crippen molar-refractivity contribution in [3.05, 3.63) is 36.6 Å². The lowest BCUT2D eigenvalue weighted by molar-refractivity contribution is -0.384. The number of aryl methyl sites for hydroxylation is 1. The highest BCUT2D eigenvalue weighted by Gasteiger charge is 2.26. The smallest absolute Gasteiger partial charge is 0.333 e. The molecule has 0 radical (unpaired) electrons. The van der Waals surface area contributed by atoms with E-state index in [0.29, 0.717) is 5.69 Å². The van der Waals surface area contributed by atoms with E-state index >= 15 is 0 Å². The van der Waals surface area contributed by atoms with Crippen LogP contribution in [-0.2, 0) is 0 Å². The minimum Gasteiger partial charge on any atom is -0.378 e. The number of thiophene rings is 1. The van der Waals surface area contributed by atoms with Crippen LogP contribution in [0.25, 0.3) is 0 Å². The van der Waals surface area contributed by atoms with Gasteiger partial charge in [0.1, 0.15) is 5.69 Å². The number of hydrogen-bond donors (Lipinski definition) is 1. The van der Waals surface area contributed by atoms with Crippen molar-refractivity contribution in [1.82, 2.24) is 9.78 Å². The molecule has 1 atom stereocenters. The van der Waals surface area contributed by atoms with E-state index in [4.69, 9.17) is 5.73 Å². The molecule has 0 fully saturated rings. The largest absolute Gasteiger partial charge is 0.378 e. The van der Waals surface area contributed by atoms with Crippen LogP contribution in [0, 0.1) is 17.0 Å². The Kier molecular flexibility index (Phi) is 3.40. The summed E-state index contributed by atoms with van der Waals surface area (Å²) in [6.45, 7) is 3.49. The molecule has 1 unspecified atom stereocenters. The summed E-state index contributed by atoms with van der Waals surface area (Å²) < 4.78 is 2.47. The van der Waals surface area contributed by atoms with Gasteiger partial charge in [-0.15, -0.1) is 11.3 Å². The zero-order chi connectivity index (χ0) is 13.4. The summed E-state index contributed by atoms with van der Waals surface area (Å²) in [5, 5.41) is 17.0. The number of nitro groups is 1. The Hall–Kier alpha value is -1.41. The Labute approximate surface area is 116 Å². The van der Waals surface area contributed by atoms with E-state index in [1.54, 1.807) is 18.3 Å². The van der Waals surface area contributed by atoms with Gasteiger partial charge in [0.15, 0.2) is 0 Å². The Morgan fingerprint density at radius 1 is 1.67 bits per heavy atom. The monoisotopic (exact) mass is 330 g/mol. The van der Waals surface area contributed by atoms with Crippen LogP contribution in [0.2, 0.25) is 0 Å². The number of rotatable bonds is 3. The first-order valence-corrected chi connectivity index (χ1v) is 6.82. The second-order valence-corrected chi connectivity index (χ2v) is 5.72. The number of hydrogen-bond acceptors (Lipinski definition) is 5. The molecule has 2 N–H and O–H groups in total. The molecule has 0 amide bonds. The second-order valence-electron chi connectivity index (χ2n) is 3.86. The quantitative estimate of drug-likeness (QED) is 0.691. The van der Waals surface area contributed by atoms with Gasteiger partial charge in [0.2, 0.25) is 5.82 Å². The molecule has 2 rings (SSSR count). The van der Waals surface area contributed by atoms with Crippen molar-refractivity contribution in [2.24, 2.45) is 0 Å². The maximum atomic E-state index is 10.9. The maximum absolute atomic E-state index is 10.9. The third-order valence-corrected chi connectivity index (χ3v) is 4.50. The summed E-state index contributed by atoms with van der Waals surface area (Å²) in [5.41, 5.74) is 6.02. The summed E-state index contributed by atoms with van der Waals surface area (Å²) in [6, 6.07) is 1.83. The van der Waals surface area contributed by atoms with E-state index in [-0.39, 0.29) is 17.5 Å². The third kappa shape index (κ3) is 2.13. The Morgan fingerprint density at radius 3 is 2.78 bits per heavy atom. The van der Waals surface area contributed by atoms with Crippen molar-refractivity contribution in [3.8, 4) is 0 Å². The zero-order valence-electron chi connectivity index (χ0n) is 9.75. The SMILES string of the molecule is Cc1nn(C(C)c2cc(Br)cs2)c(N)c1[N+](=O)[O-]. The van der Waals surface area contributed by atoms with Crippen LogP contribution in [-0.4, -0.2) is 14.7 Å². The predicted molar refractivity (Wildman–Crippen MR) is 73.9 cm³/mol. The highest BCUT2D eigenvalue weighted by molar-refractivity contribution is 9.10. The first kappa shape index (κ1) is 13.0. The van der Waals surface area contributed by atoms with E-state index in [1.165, 1.54) is 4.68 Å². The fraction of sp³-hybridized carbons (Fsp3) is 0.300. The number of aromatic nitrogens is 2. The molecular formula is C10H11BrN4O2S. The average molecular weight is 331 g/mol. The molecule has 0 aromatic carbocycles. The van der Waals surface area contributed by atoms with Crippen molar-refractivity contribution in [1.29, 1.82) is 0 Å². The van der Waals surface area contributed by atoms with Gasteiger partial charge in [-0.1, -0.05) is 0 Å². The number of nitrogens with two attached hydrogens (primary N) is 1. The summed E-state index contributed by atoms with van der Waals surface area (Å²) >= 11 is 4.93. The molecule has 0 saturated heterocycles.